The van der Waals surface area contributed by atoms with Crippen LogP contribution in [0.25, 0.3) is 0 Å². The summed E-state index contributed by atoms with van der Waals surface area (Å²) in [6.07, 6.45) is 9.61. The number of nitrogens with one attached hydrogen (secondary N) is 1. The van der Waals surface area contributed by atoms with Crippen LogP contribution in [-0.4, -0.2) is 63.6 Å². The number of aliphatic hydroxyl groups is 1. The lowest BCUT2D eigenvalue weighted by Crippen LogP contribution is -3.20. The van der Waals surface area contributed by atoms with Crippen LogP contribution in [0.4, 0.5) is 0 Å². The van der Waals surface area contributed by atoms with Gasteiger partial charge in [0.2, 0.25) is 5.91 Å². The monoisotopic (exact) mass is 374 g/mol. The molecule has 1 aliphatic carbocycles. The fourth-order valence-electron chi connectivity index (χ4n) is 5.41. The van der Waals surface area contributed by atoms with Crippen LogP contribution in [0.15, 0.2) is 18.9 Å². The maximum absolute atomic E-state index is 12.7. The van der Waals surface area contributed by atoms with Crippen molar-refractivity contribution < 1.29 is 14.8 Å². The minimum Gasteiger partial charge on any atom is -0.383 e. The SMILES string of the molecule is C=CCN(C)C(=O)[C@H]1C[NH+]2CC[C@H]1C[C@@H]2Cn1cc(C2(O)CCCC2)nn1. The Morgan fingerprint density at radius 3 is 2.96 bits per heavy atom. The number of nitrogens with zero attached hydrogens (tertiary/aromatic N) is 4. The number of amides is 1. The smallest absolute Gasteiger partial charge is 0.231 e. The van der Waals surface area contributed by atoms with E-state index in [4.69, 9.17) is 0 Å². The van der Waals surface area contributed by atoms with E-state index in [-0.39, 0.29) is 11.8 Å². The Hall–Kier alpha value is -1.73. The molecule has 4 fully saturated rings. The zero-order valence-electron chi connectivity index (χ0n) is 16.3. The third-order valence-corrected chi connectivity index (χ3v) is 7.00. The van der Waals surface area contributed by atoms with Gasteiger partial charge in [0, 0.05) is 26.4 Å². The Balaban J connectivity index is 1.39. The number of rotatable bonds is 6. The van der Waals surface area contributed by atoms with Crippen LogP contribution in [0, 0.1) is 11.8 Å². The molecule has 1 aromatic rings. The van der Waals surface area contributed by atoms with E-state index < -0.39 is 5.60 Å². The van der Waals surface area contributed by atoms with Crippen molar-refractivity contribution in [3.05, 3.63) is 24.5 Å². The zero-order chi connectivity index (χ0) is 19.0. The Labute approximate surface area is 161 Å². The van der Waals surface area contributed by atoms with Crippen molar-refractivity contribution in [2.75, 3.05) is 26.7 Å². The Morgan fingerprint density at radius 1 is 1.52 bits per heavy atom. The van der Waals surface area contributed by atoms with E-state index in [1.54, 1.807) is 11.0 Å². The van der Waals surface area contributed by atoms with E-state index in [9.17, 15) is 9.90 Å². The molecule has 2 N–H and O–H groups in total. The number of hydrogen-bond acceptors (Lipinski definition) is 4. The first-order valence-electron chi connectivity index (χ1n) is 10.3. The first-order chi connectivity index (χ1) is 13.0. The van der Waals surface area contributed by atoms with E-state index in [1.165, 1.54) is 4.90 Å². The average molecular weight is 375 g/mol. The second-order valence-corrected chi connectivity index (χ2v) is 8.77. The predicted octanol–water partition coefficient (Wildman–Crippen LogP) is -0.0226. The predicted molar refractivity (Wildman–Crippen MR) is 101 cm³/mol. The summed E-state index contributed by atoms with van der Waals surface area (Å²) in [5, 5.41) is 19.3. The lowest BCUT2D eigenvalue weighted by Gasteiger charge is -2.46. The third kappa shape index (κ3) is 3.55. The van der Waals surface area contributed by atoms with Crippen molar-refractivity contribution >= 4 is 5.91 Å². The van der Waals surface area contributed by atoms with Crippen molar-refractivity contribution in [3.8, 4) is 0 Å². The van der Waals surface area contributed by atoms with Gasteiger partial charge in [-0.3, -0.25) is 4.79 Å². The molecular formula is C20H32N5O2+. The number of quaternary nitrogens is 1. The van der Waals surface area contributed by atoms with Gasteiger partial charge in [-0.15, -0.1) is 11.7 Å². The molecule has 1 unspecified atom stereocenters. The summed E-state index contributed by atoms with van der Waals surface area (Å²) in [5.41, 5.74) is -0.0467. The lowest BCUT2D eigenvalue weighted by molar-refractivity contribution is -0.945. The van der Waals surface area contributed by atoms with Gasteiger partial charge in [-0.05, 0) is 18.8 Å². The molecule has 5 rings (SSSR count). The number of fused-ring (bicyclic) bond motifs is 3. The quantitative estimate of drug-likeness (QED) is 0.686. The molecule has 148 valence electrons. The van der Waals surface area contributed by atoms with E-state index in [0.29, 0.717) is 18.5 Å². The van der Waals surface area contributed by atoms with Gasteiger partial charge in [0.05, 0.1) is 31.7 Å². The number of piperidine rings is 3. The number of hydrogen-bond donors (Lipinski definition) is 2. The maximum Gasteiger partial charge on any atom is 0.231 e. The summed E-state index contributed by atoms with van der Waals surface area (Å²) < 4.78 is 1.91. The van der Waals surface area contributed by atoms with Crippen LogP contribution in [0.5, 0.6) is 0 Å². The van der Waals surface area contributed by atoms with Crippen LogP contribution < -0.4 is 4.90 Å². The normalized spacial score (nSPS) is 31.8. The van der Waals surface area contributed by atoms with Gasteiger partial charge in [-0.1, -0.05) is 24.1 Å². The Morgan fingerprint density at radius 2 is 2.30 bits per heavy atom. The molecule has 7 nitrogen and oxygen atoms in total. The molecule has 0 aromatic carbocycles. The first kappa shape index (κ1) is 18.6. The molecule has 1 saturated carbocycles. The van der Waals surface area contributed by atoms with E-state index in [2.05, 4.69) is 16.9 Å². The lowest BCUT2D eigenvalue weighted by atomic mass is 9.75. The van der Waals surface area contributed by atoms with E-state index in [1.807, 2.05) is 17.9 Å². The van der Waals surface area contributed by atoms with Crippen LogP contribution >= 0.6 is 0 Å². The van der Waals surface area contributed by atoms with Gasteiger partial charge in [-0.2, -0.15) is 0 Å². The summed E-state index contributed by atoms with van der Waals surface area (Å²) in [6.45, 7) is 7.22. The van der Waals surface area contributed by atoms with Crippen LogP contribution in [0.1, 0.15) is 44.2 Å². The summed E-state index contributed by atoms with van der Waals surface area (Å²) in [7, 11) is 1.87. The fourth-order valence-corrected chi connectivity index (χ4v) is 5.41. The van der Waals surface area contributed by atoms with Gasteiger partial charge >= 0.3 is 0 Å². The number of carbonyl (C=O) groups is 1. The molecule has 0 radical (unpaired) electrons. The highest BCUT2D eigenvalue weighted by Crippen LogP contribution is 2.37. The van der Waals surface area contributed by atoms with Crippen molar-refractivity contribution in [2.45, 2.75) is 56.7 Å². The standard InChI is InChI=1S/C20H31N5O2/c1-3-9-23(2)19(26)17-13-24-10-6-15(17)11-16(24)12-25-14-18(21-22-25)20(27)7-4-5-8-20/h3,14-17,27H,1,4-13H2,2H3/p+1/t15-,16+,17-/m0/s1. The molecule has 3 aliphatic heterocycles. The third-order valence-electron chi connectivity index (χ3n) is 7.00. The Kier molecular flexibility index (Phi) is 5.07. The fraction of sp³-hybridized carbons (Fsp3) is 0.750. The summed E-state index contributed by atoms with van der Waals surface area (Å²) in [5.74, 6) is 0.872. The topological polar surface area (TPSA) is 75.7 Å². The van der Waals surface area contributed by atoms with Crippen molar-refractivity contribution in [3.63, 3.8) is 0 Å². The van der Waals surface area contributed by atoms with Gasteiger partial charge in [0.15, 0.2) is 0 Å². The molecule has 27 heavy (non-hydrogen) atoms. The van der Waals surface area contributed by atoms with Gasteiger partial charge in [0.25, 0.3) is 0 Å². The molecule has 1 aromatic heterocycles. The maximum atomic E-state index is 12.7. The molecule has 4 heterocycles. The van der Waals surface area contributed by atoms with Crippen LogP contribution in [-0.2, 0) is 16.9 Å². The number of carbonyl (C=O) groups excluding carboxylic acids is 1. The molecule has 7 heteroatoms. The van der Waals surface area contributed by atoms with Gasteiger partial charge in [0.1, 0.15) is 17.3 Å². The second kappa shape index (κ2) is 7.36. The molecule has 3 saturated heterocycles. The highest BCUT2D eigenvalue weighted by molar-refractivity contribution is 5.79. The van der Waals surface area contributed by atoms with Crippen molar-refractivity contribution in [1.29, 1.82) is 0 Å². The minimum atomic E-state index is -0.774. The van der Waals surface area contributed by atoms with Crippen molar-refractivity contribution in [1.82, 2.24) is 19.9 Å². The first-order valence-corrected chi connectivity index (χ1v) is 10.3. The number of likely N-dealkylation sites (N-methyl/N-ethyl adjacent to an activating group) is 1. The van der Waals surface area contributed by atoms with Crippen LogP contribution in [0.3, 0.4) is 0 Å². The molecule has 2 bridgehead atoms. The molecule has 4 atom stereocenters. The molecule has 0 spiro atoms. The summed E-state index contributed by atoms with van der Waals surface area (Å²) in [4.78, 5) is 16.1. The highest BCUT2D eigenvalue weighted by atomic mass is 16.3. The highest BCUT2D eigenvalue weighted by Gasteiger charge is 2.47. The Bertz CT molecular complexity index is 696. The van der Waals surface area contributed by atoms with Crippen molar-refractivity contribution in [2.24, 2.45) is 11.8 Å². The summed E-state index contributed by atoms with van der Waals surface area (Å²) >= 11 is 0. The molecule has 1 amide bonds. The number of aromatic nitrogens is 3. The zero-order valence-corrected chi connectivity index (χ0v) is 16.3. The van der Waals surface area contributed by atoms with Gasteiger partial charge in [-0.25, -0.2) is 4.68 Å². The largest absolute Gasteiger partial charge is 0.383 e. The van der Waals surface area contributed by atoms with E-state index >= 15 is 0 Å². The molecule has 4 aliphatic rings. The van der Waals surface area contributed by atoms with E-state index in [0.717, 1.165) is 63.9 Å². The van der Waals surface area contributed by atoms with Gasteiger partial charge < -0.3 is 14.9 Å². The minimum absolute atomic E-state index is 0.139. The van der Waals surface area contributed by atoms with Crippen LogP contribution in [0.2, 0.25) is 0 Å². The summed E-state index contributed by atoms with van der Waals surface area (Å²) in [6, 6.07) is 0.477. The molecular weight excluding hydrogens is 342 g/mol. The average Bonchev–Trinajstić information content (AvgIpc) is 3.32. The second-order valence-electron chi connectivity index (χ2n) is 8.77.